The maximum atomic E-state index is 10.6. The summed E-state index contributed by atoms with van der Waals surface area (Å²) < 4.78 is 10.4. The number of hydrogen-bond donors (Lipinski definition) is 2. The SMILES string of the molecule is COc1c(O)c(C)c(C/C=C(/C)CC/C=C(\C)CC/C=C(/C)CCC=C(C)C)c(O)c1OC. The number of hydrogen-bond acceptors (Lipinski definition) is 4. The van der Waals surface area contributed by atoms with Crippen LogP contribution in [0, 0.1) is 6.92 Å². The first kappa shape index (κ1) is 28.4. The van der Waals surface area contributed by atoms with Gasteiger partial charge in [0.25, 0.3) is 0 Å². The molecule has 0 aliphatic carbocycles. The summed E-state index contributed by atoms with van der Waals surface area (Å²) in [5.74, 6) is 0.360. The predicted molar refractivity (Wildman–Crippen MR) is 140 cm³/mol. The minimum atomic E-state index is 0.00740. The van der Waals surface area contributed by atoms with E-state index in [-0.39, 0.29) is 23.0 Å². The van der Waals surface area contributed by atoms with Crippen molar-refractivity contribution in [3.63, 3.8) is 0 Å². The maximum absolute atomic E-state index is 10.6. The van der Waals surface area contributed by atoms with Gasteiger partial charge in [-0.3, -0.25) is 0 Å². The van der Waals surface area contributed by atoms with Gasteiger partial charge < -0.3 is 19.7 Å². The quantitative estimate of drug-likeness (QED) is 0.232. The molecule has 0 fully saturated rings. The highest BCUT2D eigenvalue weighted by molar-refractivity contribution is 5.66. The van der Waals surface area contributed by atoms with Crippen molar-refractivity contribution in [2.75, 3.05) is 14.2 Å². The molecule has 0 unspecified atom stereocenters. The van der Waals surface area contributed by atoms with E-state index in [0.717, 1.165) is 38.5 Å². The van der Waals surface area contributed by atoms with E-state index < -0.39 is 0 Å². The zero-order valence-electron chi connectivity index (χ0n) is 22.0. The van der Waals surface area contributed by atoms with Gasteiger partial charge in [-0.2, -0.15) is 0 Å². The first-order chi connectivity index (χ1) is 15.6. The smallest absolute Gasteiger partial charge is 0.207 e. The van der Waals surface area contributed by atoms with Crippen LogP contribution >= 0.6 is 0 Å². The van der Waals surface area contributed by atoms with Crippen LogP contribution in [0.15, 0.2) is 46.6 Å². The summed E-state index contributed by atoms with van der Waals surface area (Å²) >= 11 is 0. The summed E-state index contributed by atoms with van der Waals surface area (Å²) in [6.07, 6.45) is 16.1. The molecule has 0 saturated carbocycles. The van der Waals surface area contributed by atoms with Gasteiger partial charge in [-0.05, 0) is 86.5 Å². The van der Waals surface area contributed by atoms with Crippen molar-refractivity contribution >= 4 is 0 Å². The fourth-order valence-electron chi connectivity index (χ4n) is 3.73. The highest BCUT2D eigenvalue weighted by atomic mass is 16.5. The number of rotatable bonds is 13. The zero-order chi connectivity index (χ0) is 25.0. The van der Waals surface area contributed by atoms with Crippen molar-refractivity contribution in [2.24, 2.45) is 0 Å². The highest BCUT2D eigenvalue weighted by Crippen LogP contribution is 2.48. The van der Waals surface area contributed by atoms with Crippen molar-refractivity contribution in [2.45, 2.75) is 86.5 Å². The number of phenolic OH excluding ortho intramolecular Hbond substituents is 2. The summed E-state index contributed by atoms with van der Waals surface area (Å²) in [6, 6.07) is 0. The lowest BCUT2D eigenvalue weighted by Gasteiger charge is -2.17. The zero-order valence-corrected chi connectivity index (χ0v) is 22.0. The second kappa shape index (κ2) is 14.5. The van der Waals surface area contributed by atoms with Gasteiger partial charge in [-0.25, -0.2) is 0 Å². The number of benzene rings is 1. The molecule has 1 rings (SSSR count). The molecule has 0 saturated heterocycles. The Kier molecular flexibility index (Phi) is 12.5. The number of methoxy groups -OCH3 is 2. The van der Waals surface area contributed by atoms with Crippen LogP contribution in [0.5, 0.6) is 23.0 Å². The maximum Gasteiger partial charge on any atom is 0.207 e. The first-order valence-corrected chi connectivity index (χ1v) is 11.9. The summed E-state index contributed by atoms with van der Waals surface area (Å²) in [6.45, 7) is 12.6. The van der Waals surface area contributed by atoms with Gasteiger partial charge >= 0.3 is 0 Å². The Labute approximate surface area is 201 Å². The molecule has 1 aromatic carbocycles. The molecule has 0 aliphatic rings. The molecular formula is C29H44O4. The number of allylic oxidation sites excluding steroid dienone is 8. The molecule has 0 amide bonds. The third kappa shape index (κ3) is 9.41. The summed E-state index contributed by atoms with van der Waals surface area (Å²) in [4.78, 5) is 0. The molecule has 184 valence electrons. The normalized spacial score (nSPS) is 12.7. The Hall–Kier alpha value is -2.62. The second-order valence-corrected chi connectivity index (χ2v) is 9.12. The van der Waals surface area contributed by atoms with Gasteiger partial charge in [0.1, 0.15) is 0 Å². The van der Waals surface area contributed by atoms with Gasteiger partial charge in [-0.1, -0.05) is 46.6 Å². The lowest BCUT2D eigenvalue weighted by Crippen LogP contribution is -1.98. The van der Waals surface area contributed by atoms with Gasteiger partial charge in [0.2, 0.25) is 11.5 Å². The molecule has 4 nitrogen and oxygen atoms in total. The molecule has 0 heterocycles. The van der Waals surface area contributed by atoms with Crippen molar-refractivity contribution in [3.8, 4) is 23.0 Å². The van der Waals surface area contributed by atoms with Crippen LogP contribution in [-0.2, 0) is 6.42 Å². The molecular weight excluding hydrogens is 412 g/mol. The van der Waals surface area contributed by atoms with E-state index in [1.807, 2.05) is 0 Å². The third-order valence-corrected chi connectivity index (χ3v) is 5.95. The lowest BCUT2D eigenvalue weighted by molar-refractivity contribution is 0.314. The van der Waals surface area contributed by atoms with E-state index in [4.69, 9.17) is 9.47 Å². The van der Waals surface area contributed by atoms with E-state index in [0.29, 0.717) is 17.5 Å². The monoisotopic (exact) mass is 456 g/mol. The predicted octanol–water partition coefficient (Wildman–Crippen LogP) is 8.11. The van der Waals surface area contributed by atoms with E-state index >= 15 is 0 Å². The van der Waals surface area contributed by atoms with Crippen LogP contribution < -0.4 is 9.47 Å². The van der Waals surface area contributed by atoms with Crippen LogP contribution in [0.4, 0.5) is 0 Å². The summed E-state index contributed by atoms with van der Waals surface area (Å²) in [5.41, 5.74) is 6.80. The number of aromatic hydroxyl groups is 2. The van der Waals surface area contributed by atoms with Crippen molar-refractivity contribution < 1.29 is 19.7 Å². The molecule has 4 heteroatoms. The summed E-state index contributed by atoms with van der Waals surface area (Å²) in [7, 11) is 2.90. The lowest BCUT2D eigenvalue weighted by atomic mass is 9.99. The second-order valence-electron chi connectivity index (χ2n) is 9.12. The van der Waals surface area contributed by atoms with E-state index in [2.05, 4.69) is 58.9 Å². The molecule has 0 radical (unpaired) electrons. The molecule has 0 aromatic heterocycles. The molecule has 0 bridgehead atoms. The first-order valence-electron chi connectivity index (χ1n) is 11.9. The topological polar surface area (TPSA) is 58.9 Å². The molecule has 2 N–H and O–H groups in total. The number of phenols is 2. The van der Waals surface area contributed by atoms with Gasteiger partial charge in [0.05, 0.1) is 14.2 Å². The van der Waals surface area contributed by atoms with E-state index in [9.17, 15) is 10.2 Å². The third-order valence-electron chi connectivity index (χ3n) is 5.95. The van der Waals surface area contributed by atoms with Crippen LogP contribution in [0.2, 0.25) is 0 Å². The van der Waals surface area contributed by atoms with E-state index in [1.54, 1.807) is 6.92 Å². The largest absolute Gasteiger partial charge is 0.504 e. The Balaban J connectivity index is 2.62. The molecule has 0 atom stereocenters. The van der Waals surface area contributed by atoms with Crippen LogP contribution in [0.25, 0.3) is 0 Å². The van der Waals surface area contributed by atoms with Crippen LogP contribution in [0.1, 0.15) is 84.3 Å². The molecule has 1 aromatic rings. The highest BCUT2D eigenvalue weighted by Gasteiger charge is 2.22. The fourth-order valence-corrected chi connectivity index (χ4v) is 3.73. The Morgan fingerprint density at radius 2 is 1.09 bits per heavy atom. The average Bonchev–Trinajstić information content (AvgIpc) is 2.75. The molecule has 0 aliphatic heterocycles. The minimum Gasteiger partial charge on any atom is -0.504 e. The van der Waals surface area contributed by atoms with Crippen molar-refractivity contribution in [1.82, 2.24) is 0 Å². The van der Waals surface area contributed by atoms with Crippen molar-refractivity contribution in [3.05, 3.63) is 57.7 Å². The average molecular weight is 457 g/mol. The van der Waals surface area contributed by atoms with Gasteiger partial charge in [0.15, 0.2) is 11.5 Å². The van der Waals surface area contributed by atoms with Crippen molar-refractivity contribution in [1.29, 1.82) is 0 Å². The van der Waals surface area contributed by atoms with E-state index in [1.165, 1.54) is 36.5 Å². The minimum absolute atomic E-state index is 0.00740. The molecule has 33 heavy (non-hydrogen) atoms. The fraction of sp³-hybridized carbons (Fsp3) is 0.517. The Morgan fingerprint density at radius 3 is 1.55 bits per heavy atom. The van der Waals surface area contributed by atoms with Gasteiger partial charge in [-0.15, -0.1) is 0 Å². The standard InChI is InChI=1S/C29H44O4/c1-20(2)12-9-13-21(3)14-10-15-22(4)16-11-17-23(5)18-19-25-24(6)26(30)28(32-7)29(33-8)27(25)31/h12,14,16,18,30-31H,9-11,13,15,17,19H2,1-8H3/b21-14-,22-16+,23-18-. The summed E-state index contributed by atoms with van der Waals surface area (Å²) in [5, 5.41) is 21.0. The molecule has 0 spiro atoms. The Morgan fingerprint density at radius 1 is 0.667 bits per heavy atom. The van der Waals surface area contributed by atoms with Crippen LogP contribution in [0.3, 0.4) is 0 Å². The Bertz CT molecular complexity index is 897. The van der Waals surface area contributed by atoms with Gasteiger partial charge in [0, 0.05) is 11.1 Å². The van der Waals surface area contributed by atoms with Crippen LogP contribution in [-0.4, -0.2) is 24.4 Å². The number of ether oxygens (including phenoxy) is 2.